The Morgan fingerprint density at radius 1 is 1.47 bits per heavy atom. The van der Waals surface area contributed by atoms with E-state index in [4.69, 9.17) is 9.84 Å². The maximum atomic E-state index is 11.1. The van der Waals surface area contributed by atoms with Gasteiger partial charge in [0.15, 0.2) is 5.69 Å². The number of carboxylic acids is 1. The van der Waals surface area contributed by atoms with Crippen LogP contribution < -0.4 is 0 Å². The molecule has 0 spiro atoms. The molecule has 1 aromatic heterocycles. The molecule has 1 aliphatic carbocycles. The lowest BCUT2D eigenvalue weighted by atomic mass is 10.0. The molecule has 106 valence electrons. The fourth-order valence-electron chi connectivity index (χ4n) is 2.54. The third kappa shape index (κ3) is 3.10. The zero-order valence-corrected chi connectivity index (χ0v) is 11.0. The van der Waals surface area contributed by atoms with Gasteiger partial charge in [-0.05, 0) is 12.8 Å². The van der Waals surface area contributed by atoms with Crippen molar-refractivity contribution in [3.05, 3.63) is 11.4 Å². The molecule has 0 bridgehead atoms. The van der Waals surface area contributed by atoms with Crippen molar-refractivity contribution in [2.24, 2.45) is 0 Å². The van der Waals surface area contributed by atoms with Crippen molar-refractivity contribution in [2.75, 3.05) is 13.7 Å². The maximum Gasteiger partial charge on any atom is 0.358 e. The van der Waals surface area contributed by atoms with E-state index in [0.717, 1.165) is 25.7 Å². The van der Waals surface area contributed by atoms with E-state index >= 15 is 0 Å². The molecule has 0 saturated heterocycles. The summed E-state index contributed by atoms with van der Waals surface area (Å²) in [7, 11) is 1.55. The van der Waals surface area contributed by atoms with Crippen molar-refractivity contribution >= 4 is 5.97 Å². The fourth-order valence-corrected chi connectivity index (χ4v) is 2.54. The molecule has 2 N–H and O–H groups in total. The minimum atomic E-state index is -1.10. The van der Waals surface area contributed by atoms with Gasteiger partial charge in [-0.3, -0.25) is 0 Å². The number of carbonyl (C=O) groups is 1. The van der Waals surface area contributed by atoms with Crippen molar-refractivity contribution in [3.63, 3.8) is 0 Å². The summed E-state index contributed by atoms with van der Waals surface area (Å²) >= 11 is 0. The maximum absolute atomic E-state index is 11.1. The standard InChI is InChI=1S/C12H19N3O4/c1-19-7-4-9-10(11(16)17)13-14-15(9)8-12(18)5-2-3-6-12/h18H,2-8H2,1H3,(H,16,17). The Bertz CT molecular complexity index is 452. The quantitative estimate of drug-likeness (QED) is 0.779. The molecule has 2 rings (SSSR count). The van der Waals surface area contributed by atoms with E-state index < -0.39 is 11.6 Å². The number of carboxylic acid groups (broad SMARTS) is 1. The lowest BCUT2D eigenvalue weighted by Crippen LogP contribution is -2.32. The summed E-state index contributed by atoms with van der Waals surface area (Å²) in [6, 6.07) is 0. The van der Waals surface area contributed by atoms with Gasteiger partial charge in [-0.15, -0.1) is 5.10 Å². The number of hydrogen-bond acceptors (Lipinski definition) is 5. The highest BCUT2D eigenvalue weighted by atomic mass is 16.5. The van der Waals surface area contributed by atoms with Gasteiger partial charge in [0, 0.05) is 13.5 Å². The van der Waals surface area contributed by atoms with Crippen LogP contribution in [0.1, 0.15) is 41.9 Å². The highest BCUT2D eigenvalue weighted by molar-refractivity contribution is 5.86. The van der Waals surface area contributed by atoms with Crippen LogP contribution in [0.15, 0.2) is 0 Å². The van der Waals surface area contributed by atoms with Crippen molar-refractivity contribution in [2.45, 2.75) is 44.2 Å². The van der Waals surface area contributed by atoms with Crippen LogP contribution in [0, 0.1) is 0 Å². The third-order valence-electron chi connectivity index (χ3n) is 3.56. The van der Waals surface area contributed by atoms with E-state index in [1.54, 1.807) is 7.11 Å². The Labute approximate surface area is 111 Å². The van der Waals surface area contributed by atoms with Gasteiger partial charge in [-0.25, -0.2) is 9.48 Å². The van der Waals surface area contributed by atoms with Gasteiger partial charge < -0.3 is 14.9 Å². The van der Waals surface area contributed by atoms with Gasteiger partial charge in [-0.2, -0.15) is 0 Å². The first-order valence-electron chi connectivity index (χ1n) is 6.43. The number of aromatic nitrogens is 3. The van der Waals surface area contributed by atoms with Crippen molar-refractivity contribution < 1.29 is 19.7 Å². The molecular weight excluding hydrogens is 250 g/mol. The van der Waals surface area contributed by atoms with Crippen LogP contribution in [-0.4, -0.2) is 50.5 Å². The van der Waals surface area contributed by atoms with E-state index in [9.17, 15) is 9.90 Å². The summed E-state index contributed by atoms with van der Waals surface area (Å²) in [5, 5.41) is 27.0. The minimum absolute atomic E-state index is 0.0568. The summed E-state index contributed by atoms with van der Waals surface area (Å²) in [6.07, 6.45) is 3.84. The largest absolute Gasteiger partial charge is 0.476 e. The second-order valence-corrected chi connectivity index (χ2v) is 5.02. The molecule has 7 heteroatoms. The molecule has 0 atom stereocenters. The average molecular weight is 269 g/mol. The lowest BCUT2D eigenvalue weighted by Gasteiger charge is -2.22. The molecule has 0 radical (unpaired) electrons. The van der Waals surface area contributed by atoms with Gasteiger partial charge in [-0.1, -0.05) is 18.1 Å². The molecule has 0 unspecified atom stereocenters. The van der Waals surface area contributed by atoms with E-state index in [1.807, 2.05) is 0 Å². The second kappa shape index (κ2) is 5.66. The monoisotopic (exact) mass is 269 g/mol. The first-order valence-corrected chi connectivity index (χ1v) is 6.43. The molecule has 0 aromatic carbocycles. The molecule has 1 aliphatic rings. The van der Waals surface area contributed by atoms with Gasteiger partial charge >= 0.3 is 5.97 Å². The molecule has 7 nitrogen and oxygen atoms in total. The van der Waals surface area contributed by atoms with Crippen LogP contribution in [0.2, 0.25) is 0 Å². The number of aromatic carboxylic acids is 1. The minimum Gasteiger partial charge on any atom is -0.476 e. The molecule has 0 aliphatic heterocycles. The van der Waals surface area contributed by atoms with Crippen LogP contribution in [0.4, 0.5) is 0 Å². The molecular formula is C12H19N3O4. The second-order valence-electron chi connectivity index (χ2n) is 5.02. The summed E-state index contributed by atoms with van der Waals surface area (Å²) in [4.78, 5) is 11.1. The van der Waals surface area contributed by atoms with E-state index in [-0.39, 0.29) is 5.69 Å². The van der Waals surface area contributed by atoms with Crippen LogP contribution in [-0.2, 0) is 17.7 Å². The first-order chi connectivity index (χ1) is 9.06. The number of aliphatic hydroxyl groups is 1. The van der Waals surface area contributed by atoms with Gasteiger partial charge in [0.05, 0.1) is 24.4 Å². The fraction of sp³-hybridized carbons (Fsp3) is 0.750. The molecule has 0 amide bonds. The van der Waals surface area contributed by atoms with Gasteiger partial charge in [0.1, 0.15) is 0 Å². The average Bonchev–Trinajstić information content (AvgIpc) is 2.94. The van der Waals surface area contributed by atoms with Crippen LogP contribution in [0.3, 0.4) is 0 Å². The summed E-state index contributed by atoms with van der Waals surface area (Å²) in [6.45, 7) is 0.693. The van der Waals surface area contributed by atoms with E-state index in [1.165, 1.54) is 4.68 Å². The molecule has 1 saturated carbocycles. The smallest absolute Gasteiger partial charge is 0.358 e. The zero-order valence-electron chi connectivity index (χ0n) is 11.0. The molecule has 19 heavy (non-hydrogen) atoms. The summed E-state index contributed by atoms with van der Waals surface area (Å²) < 4.78 is 6.48. The number of rotatable bonds is 6. The molecule has 1 fully saturated rings. The SMILES string of the molecule is COCCc1c(C(=O)O)nnn1CC1(O)CCCC1. The van der Waals surface area contributed by atoms with Crippen molar-refractivity contribution in [1.29, 1.82) is 0 Å². The molecule has 1 heterocycles. The predicted octanol–water partition coefficient (Wildman–Crippen LogP) is 0.470. The van der Waals surface area contributed by atoms with E-state index in [0.29, 0.717) is 25.3 Å². The Balaban J connectivity index is 2.21. The van der Waals surface area contributed by atoms with Crippen LogP contribution >= 0.6 is 0 Å². The van der Waals surface area contributed by atoms with Crippen LogP contribution in [0.25, 0.3) is 0 Å². The predicted molar refractivity (Wildman–Crippen MR) is 66.0 cm³/mol. The van der Waals surface area contributed by atoms with Gasteiger partial charge in [0.2, 0.25) is 0 Å². The Kier molecular flexibility index (Phi) is 4.16. The number of ether oxygens (including phenoxy) is 1. The van der Waals surface area contributed by atoms with E-state index in [2.05, 4.69) is 10.3 Å². The normalized spacial score (nSPS) is 17.8. The number of hydrogen-bond donors (Lipinski definition) is 2. The number of nitrogens with zero attached hydrogens (tertiary/aromatic N) is 3. The highest BCUT2D eigenvalue weighted by Crippen LogP contribution is 2.31. The summed E-state index contributed by atoms with van der Waals surface area (Å²) in [5.74, 6) is -1.10. The first kappa shape index (κ1) is 14.0. The lowest BCUT2D eigenvalue weighted by molar-refractivity contribution is 0.0248. The Hall–Kier alpha value is -1.47. The topological polar surface area (TPSA) is 97.5 Å². The zero-order chi connectivity index (χ0) is 13.9. The number of methoxy groups -OCH3 is 1. The van der Waals surface area contributed by atoms with Crippen LogP contribution in [0.5, 0.6) is 0 Å². The van der Waals surface area contributed by atoms with Crippen molar-refractivity contribution in [1.82, 2.24) is 15.0 Å². The Morgan fingerprint density at radius 2 is 2.16 bits per heavy atom. The van der Waals surface area contributed by atoms with Gasteiger partial charge in [0.25, 0.3) is 0 Å². The Morgan fingerprint density at radius 3 is 2.74 bits per heavy atom. The molecule has 1 aromatic rings. The third-order valence-corrected chi connectivity index (χ3v) is 3.56. The van der Waals surface area contributed by atoms with Crippen molar-refractivity contribution in [3.8, 4) is 0 Å². The highest BCUT2D eigenvalue weighted by Gasteiger charge is 2.33. The summed E-state index contributed by atoms with van der Waals surface area (Å²) in [5.41, 5.74) is -0.334.